The molecule has 1 aliphatic rings. The Labute approximate surface area is 190 Å². The maximum absolute atomic E-state index is 14.0. The van der Waals surface area contributed by atoms with Crippen LogP contribution in [0.5, 0.6) is 5.75 Å². The molecule has 1 N–H and O–H groups in total. The standard InChI is InChI=1S/C22H23FN4O5S/c1-14(28)24-19-12-16(9-10-20(19)31-2)33(29,30)27-11-5-6-15(13-27)21-25-26-22(32-21)17-7-3-4-8-18(17)23/h3-4,7-10,12,15H,5-6,11,13H2,1-2H3,(H,24,28). The van der Waals surface area contributed by atoms with Crippen LogP contribution in [0.25, 0.3) is 11.5 Å². The number of ether oxygens (including phenoxy) is 1. The first-order valence-corrected chi connectivity index (χ1v) is 11.8. The number of carbonyl (C=O) groups excluding carboxylic acids is 1. The Bertz CT molecular complexity index is 1280. The number of carbonyl (C=O) groups is 1. The van der Waals surface area contributed by atoms with E-state index in [-0.39, 0.29) is 46.3 Å². The molecule has 1 fully saturated rings. The molecule has 0 bridgehead atoms. The van der Waals surface area contributed by atoms with Crippen molar-refractivity contribution in [2.75, 3.05) is 25.5 Å². The molecule has 0 radical (unpaired) electrons. The molecule has 2 heterocycles. The summed E-state index contributed by atoms with van der Waals surface area (Å²) in [6, 6.07) is 10.4. The molecule has 2 aromatic carbocycles. The van der Waals surface area contributed by atoms with E-state index in [1.807, 2.05) is 0 Å². The smallest absolute Gasteiger partial charge is 0.250 e. The molecule has 1 aliphatic heterocycles. The van der Waals surface area contributed by atoms with Crippen molar-refractivity contribution in [1.82, 2.24) is 14.5 Å². The molecule has 11 heteroatoms. The number of rotatable bonds is 6. The number of benzene rings is 2. The fourth-order valence-electron chi connectivity index (χ4n) is 3.79. The van der Waals surface area contributed by atoms with Gasteiger partial charge in [0.05, 0.1) is 29.2 Å². The fourth-order valence-corrected chi connectivity index (χ4v) is 5.34. The van der Waals surface area contributed by atoms with Gasteiger partial charge in [0, 0.05) is 20.0 Å². The Balaban J connectivity index is 1.57. The number of piperidine rings is 1. The summed E-state index contributed by atoms with van der Waals surface area (Å²) in [7, 11) is -2.43. The van der Waals surface area contributed by atoms with Gasteiger partial charge in [-0.05, 0) is 43.2 Å². The summed E-state index contributed by atoms with van der Waals surface area (Å²) < 4.78 is 53.0. The van der Waals surface area contributed by atoms with Gasteiger partial charge >= 0.3 is 0 Å². The van der Waals surface area contributed by atoms with E-state index in [4.69, 9.17) is 9.15 Å². The van der Waals surface area contributed by atoms with Crippen molar-refractivity contribution < 1.29 is 26.8 Å². The number of sulfonamides is 1. The minimum Gasteiger partial charge on any atom is -0.495 e. The monoisotopic (exact) mass is 474 g/mol. The summed E-state index contributed by atoms with van der Waals surface area (Å²) in [5.74, 6) is -0.472. The van der Waals surface area contributed by atoms with Crippen LogP contribution in [-0.4, -0.2) is 49.0 Å². The van der Waals surface area contributed by atoms with Crippen LogP contribution in [0.4, 0.5) is 10.1 Å². The van der Waals surface area contributed by atoms with Crippen molar-refractivity contribution in [3.63, 3.8) is 0 Å². The van der Waals surface area contributed by atoms with Crippen LogP contribution in [0.15, 0.2) is 51.8 Å². The van der Waals surface area contributed by atoms with E-state index in [2.05, 4.69) is 15.5 Å². The van der Waals surface area contributed by atoms with Gasteiger partial charge in [-0.15, -0.1) is 10.2 Å². The van der Waals surface area contributed by atoms with Crippen LogP contribution in [0.2, 0.25) is 0 Å². The van der Waals surface area contributed by atoms with Crippen LogP contribution >= 0.6 is 0 Å². The minimum absolute atomic E-state index is 0.0327. The van der Waals surface area contributed by atoms with Crippen LogP contribution in [0.1, 0.15) is 31.6 Å². The number of aromatic nitrogens is 2. The highest BCUT2D eigenvalue weighted by atomic mass is 32.2. The van der Waals surface area contributed by atoms with Crippen LogP contribution in [0.3, 0.4) is 0 Å². The summed E-state index contributed by atoms with van der Waals surface area (Å²) in [6.07, 6.45) is 1.25. The molecule has 1 aromatic heterocycles. The van der Waals surface area contributed by atoms with Crippen molar-refractivity contribution in [2.24, 2.45) is 0 Å². The van der Waals surface area contributed by atoms with Crippen molar-refractivity contribution in [1.29, 1.82) is 0 Å². The van der Waals surface area contributed by atoms with Crippen LogP contribution in [0, 0.1) is 5.82 Å². The van der Waals surface area contributed by atoms with Gasteiger partial charge in [0.2, 0.25) is 21.8 Å². The average molecular weight is 475 g/mol. The molecule has 0 aliphatic carbocycles. The van der Waals surface area contributed by atoms with Gasteiger partial charge < -0.3 is 14.5 Å². The highest BCUT2D eigenvalue weighted by Gasteiger charge is 2.34. The third kappa shape index (κ3) is 4.74. The third-order valence-corrected chi connectivity index (χ3v) is 7.26. The van der Waals surface area contributed by atoms with Crippen LogP contribution in [-0.2, 0) is 14.8 Å². The van der Waals surface area contributed by atoms with Gasteiger partial charge in [-0.25, -0.2) is 12.8 Å². The molecule has 0 saturated carbocycles. The molecule has 1 saturated heterocycles. The van der Waals surface area contributed by atoms with Gasteiger partial charge in [-0.2, -0.15) is 4.31 Å². The molecule has 1 unspecified atom stereocenters. The second-order valence-electron chi connectivity index (χ2n) is 7.67. The summed E-state index contributed by atoms with van der Waals surface area (Å²) >= 11 is 0. The Morgan fingerprint density at radius 2 is 2.03 bits per heavy atom. The lowest BCUT2D eigenvalue weighted by Gasteiger charge is -2.30. The van der Waals surface area contributed by atoms with Crippen molar-refractivity contribution in [3.05, 3.63) is 54.2 Å². The summed E-state index contributed by atoms with van der Waals surface area (Å²) in [5.41, 5.74) is 0.464. The topological polar surface area (TPSA) is 115 Å². The van der Waals surface area contributed by atoms with Crippen molar-refractivity contribution in [3.8, 4) is 17.2 Å². The zero-order valence-corrected chi connectivity index (χ0v) is 18.9. The number of nitrogens with zero attached hydrogens (tertiary/aromatic N) is 3. The zero-order chi connectivity index (χ0) is 23.6. The van der Waals surface area contributed by atoms with E-state index in [9.17, 15) is 17.6 Å². The Hall–Kier alpha value is -3.31. The highest BCUT2D eigenvalue weighted by Crippen LogP contribution is 2.34. The van der Waals surface area contributed by atoms with Crippen LogP contribution < -0.4 is 10.1 Å². The molecule has 9 nitrogen and oxygen atoms in total. The number of nitrogens with one attached hydrogen (secondary N) is 1. The molecule has 4 rings (SSSR count). The molecule has 0 spiro atoms. The lowest BCUT2D eigenvalue weighted by molar-refractivity contribution is -0.114. The fraction of sp³-hybridized carbons (Fsp3) is 0.318. The Kier molecular flexibility index (Phi) is 6.43. The van der Waals surface area contributed by atoms with E-state index < -0.39 is 15.8 Å². The lowest BCUT2D eigenvalue weighted by atomic mass is 10.00. The number of methoxy groups -OCH3 is 1. The predicted molar refractivity (Wildman–Crippen MR) is 118 cm³/mol. The summed E-state index contributed by atoms with van der Waals surface area (Å²) in [6.45, 7) is 1.80. The second kappa shape index (κ2) is 9.28. The predicted octanol–water partition coefficient (Wildman–Crippen LogP) is 3.41. The van der Waals surface area contributed by atoms with E-state index in [1.165, 1.54) is 42.6 Å². The van der Waals surface area contributed by atoms with Crippen molar-refractivity contribution in [2.45, 2.75) is 30.6 Å². The quantitative estimate of drug-likeness (QED) is 0.582. The highest BCUT2D eigenvalue weighted by molar-refractivity contribution is 7.89. The first-order chi connectivity index (χ1) is 15.8. The maximum Gasteiger partial charge on any atom is 0.250 e. The largest absolute Gasteiger partial charge is 0.495 e. The second-order valence-corrected chi connectivity index (χ2v) is 9.61. The third-order valence-electron chi connectivity index (χ3n) is 5.40. The van der Waals surface area contributed by atoms with E-state index >= 15 is 0 Å². The first-order valence-electron chi connectivity index (χ1n) is 10.3. The number of hydrogen-bond acceptors (Lipinski definition) is 7. The molecule has 1 amide bonds. The maximum atomic E-state index is 14.0. The van der Waals surface area contributed by atoms with Gasteiger partial charge in [0.25, 0.3) is 5.89 Å². The lowest BCUT2D eigenvalue weighted by Crippen LogP contribution is -2.39. The SMILES string of the molecule is COc1ccc(S(=O)(=O)N2CCCC(c3nnc(-c4ccccc4F)o3)C2)cc1NC(C)=O. The first kappa shape index (κ1) is 22.9. The van der Waals surface area contributed by atoms with E-state index in [0.29, 0.717) is 25.1 Å². The minimum atomic E-state index is -3.86. The molecule has 33 heavy (non-hydrogen) atoms. The number of anilines is 1. The number of amides is 1. The summed E-state index contributed by atoms with van der Waals surface area (Å²) in [4.78, 5) is 11.5. The van der Waals surface area contributed by atoms with Gasteiger partial charge in [0.1, 0.15) is 11.6 Å². The molecular formula is C22H23FN4O5S. The molecular weight excluding hydrogens is 451 g/mol. The van der Waals surface area contributed by atoms with Crippen molar-refractivity contribution >= 4 is 21.6 Å². The molecule has 1 atom stereocenters. The van der Waals surface area contributed by atoms with Gasteiger partial charge in [0.15, 0.2) is 0 Å². The number of hydrogen-bond donors (Lipinski definition) is 1. The molecule has 3 aromatic rings. The van der Waals surface area contributed by atoms with E-state index in [1.54, 1.807) is 18.2 Å². The van der Waals surface area contributed by atoms with E-state index in [0.717, 1.165) is 0 Å². The van der Waals surface area contributed by atoms with Gasteiger partial charge in [-0.3, -0.25) is 4.79 Å². The average Bonchev–Trinajstić information content (AvgIpc) is 3.29. The Morgan fingerprint density at radius 1 is 1.24 bits per heavy atom. The molecule has 174 valence electrons. The normalized spacial score (nSPS) is 17.0. The van der Waals surface area contributed by atoms with Gasteiger partial charge in [-0.1, -0.05) is 12.1 Å². The zero-order valence-electron chi connectivity index (χ0n) is 18.1. The number of halogens is 1. The summed E-state index contributed by atoms with van der Waals surface area (Å²) in [5, 5.41) is 10.6. The Morgan fingerprint density at radius 3 is 2.76 bits per heavy atom.